The summed E-state index contributed by atoms with van der Waals surface area (Å²) in [5.74, 6) is -1.89. The van der Waals surface area contributed by atoms with E-state index in [1.165, 1.54) is 6.42 Å². The second kappa shape index (κ2) is 10.6. The zero-order chi connectivity index (χ0) is 22.5. The van der Waals surface area contributed by atoms with Crippen LogP contribution in [0.25, 0.3) is 0 Å². The molecule has 1 saturated heterocycles. The first-order valence-corrected chi connectivity index (χ1v) is 12.1. The van der Waals surface area contributed by atoms with Crippen LogP contribution in [0.3, 0.4) is 0 Å². The lowest BCUT2D eigenvalue weighted by atomic mass is 9.68. The van der Waals surface area contributed by atoms with Gasteiger partial charge in [-0.2, -0.15) is 0 Å². The average Bonchev–Trinajstić information content (AvgIpc) is 3.07. The van der Waals surface area contributed by atoms with Gasteiger partial charge in [0.2, 0.25) is 17.7 Å². The Morgan fingerprint density at radius 1 is 1.16 bits per heavy atom. The largest absolute Gasteiger partial charge is 0.394 e. The van der Waals surface area contributed by atoms with Gasteiger partial charge in [0, 0.05) is 19.0 Å². The third kappa shape index (κ3) is 4.66. The molecule has 2 aliphatic carbocycles. The predicted octanol–water partition coefficient (Wildman–Crippen LogP) is 2.00. The van der Waals surface area contributed by atoms with Gasteiger partial charge in [0.1, 0.15) is 6.04 Å². The average molecular weight is 434 g/mol. The predicted molar refractivity (Wildman–Crippen MR) is 119 cm³/mol. The zero-order valence-corrected chi connectivity index (χ0v) is 19.2. The van der Waals surface area contributed by atoms with Gasteiger partial charge in [-0.15, -0.1) is 0 Å². The van der Waals surface area contributed by atoms with Gasteiger partial charge in [-0.1, -0.05) is 51.7 Å². The molecule has 0 spiro atoms. The van der Waals surface area contributed by atoms with Crippen LogP contribution in [0.5, 0.6) is 0 Å². The quantitative estimate of drug-likeness (QED) is 0.510. The Morgan fingerprint density at radius 3 is 2.45 bits per heavy atom. The van der Waals surface area contributed by atoms with Crippen LogP contribution in [0, 0.1) is 23.7 Å². The van der Waals surface area contributed by atoms with Gasteiger partial charge >= 0.3 is 0 Å². The first-order chi connectivity index (χ1) is 15.0. The number of carbonyl (C=O) groups is 3. The van der Waals surface area contributed by atoms with Gasteiger partial charge in [0.05, 0.1) is 24.5 Å². The third-order valence-corrected chi connectivity index (χ3v) is 7.51. The molecule has 3 aliphatic rings. The van der Waals surface area contributed by atoms with Crippen LogP contribution in [0.15, 0.2) is 12.2 Å². The summed E-state index contributed by atoms with van der Waals surface area (Å²) in [6.45, 7) is 3.79. The van der Waals surface area contributed by atoms with Gasteiger partial charge < -0.3 is 20.6 Å². The molecule has 2 fully saturated rings. The monoisotopic (exact) mass is 433 g/mol. The first kappa shape index (κ1) is 23.8. The highest BCUT2D eigenvalue weighted by Crippen LogP contribution is 2.46. The molecular formula is C24H39N3O4. The van der Waals surface area contributed by atoms with Crippen molar-refractivity contribution >= 4 is 17.7 Å². The molecule has 0 radical (unpaired) electrons. The lowest BCUT2D eigenvalue weighted by Crippen LogP contribution is -2.54. The maximum absolute atomic E-state index is 13.7. The van der Waals surface area contributed by atoms with E-state index < -0.39 is 23.9 Å². The van der Waals surface area contributed by atoms with Crippen molar-refractivity contribution in [1.82, 2.24) is 15.5 Å². The van der Waals surface area contributed by atoms with E-state index in [0.717, 1.165) is 38.5 Å². The number of amides is 3. The van der Waals surface area contributed by atoms with Crippen LogP contribution in [-0.4, -0.2) is 59.5 Å². The van der Waals surface area contributed by atoms with Gasteiger partial charge in [0.15, 0.2) is 0 Å². The summed E-state index contributed by atoms with van der Waals surface area (Å²) in [6, 6.07) is -0.965. The summed E-state index contributed by atoms with van der Waals surface area (Å²) in [6.07, 6.45) is 11.7. The maximum atomic E-state index is 13.7. The number of nitrogens with one attached hydrogen (secondary N) is 2. The molecule has 3 amide bonds. The van der Waals surface area contributed by atoms with Gasteiger partial charge in [-0.25, -0.2) is 0 Å². The number of likely N-dealkylation sites (tertiary alicyclic amines) is 1. The number of fused-ring (bicyclic) bond motifs is 1. The molecule has 7 nitrogen and oxygen atoms in total. The highest BCUT2D eigenvalue weighted by Gasteiger charge is 2.58. The Kier molecular flexibility index (Phi) is 8.14. The Morgan fingerprint density at radius 2 is 1.87 bits per heavy atom. The fraction of sp³-hybridized carbons (Fsp3) is 0.792. The van der Waals surface area contributed by atoms with Crippen LogP contribution in [-0.2, 0) is 14.4 Å². The molecule has 6 atom stereocenters. The molecule has 7 heteroatoms. The van der Waals surface area contributed by atoms with Crippen LogP contribution in [0.4, 0.5) is 0 Å². The molecule has 0 aromatic carbocycles. The molecule has 0 aromatic rings. The fourth-order valence-corrected chi connectivity index (χ4v) is 5.92. The Bertz CT molecular complexity index is 684. The SMILES string of the molecule is CCC[C@@H]1C=C[C@H]2[C@H](C(=O)N([C@@H](CC)CO)[C@@H]2C(=O)NC2CCCCC2)[C@@H]1C(=O)NC. The highest BCUT2D eigenvalue weighted by atomic mass is 16.3. The first-order valence-electron chi connectivity index (χ1n) is 12.1. The van der Waals surface area contributed by atoms with Crippen molar-refractivity contribution in [2.45, 2.75) is 83.3 Å². The van der Waals surface area contributed by atoms with Crippen molar-refractivity contribution in [2.75, 3.05) is 13.7 Å². The van der Waals surface area contributed by atoms with Crippen molar-refractivity contribution in [1.29, 1.82) is 0 Å². The molecule has 0 aromatic heterocycles. The van der Waals surface area contributed by atoms with Crippen LogP contribution < -0.4 is 10.6 Å². The Labute approximate surface area is 186 Å². The number of hydrogen-bond donors (Lipinski definition) is 3. The highest BCUT2D eigenvalue weighted by molar-refractivity contribution is 5.97. The van der Waals surface area contributed by atoms with E-state index in [0.29, 0.717) is 6.42 Å². The molecule has 174 valence electrons. The summed E-state index contributed by atoms with van der Waals surface area (Å²) < 4.78 is 0. The van der Waals surface area contributed by atoms with Crippen molar-refractivity contribution in [2.24, 2.45) is 23.7 Å². The van der Waals surface area contributed by atoms with E-state index in [1.54, 1.807) is 11.9 Å². The van der Waals surface area contributed by atoms with Crippen LogP contribution >= 0.6 is 0 Å². The lowest BCUT2D eigenvalue weighted by Gasteiger charge is -2.35. The normalized spacial score (nSPS) is 31.9. The van der Waals surface area contributed by atoms with Gasteiger partial charge in [-0.05, 0) is 31.6 Å². The van der Waals surface area contributed by atoms with Crippen LogP contribution in [0.2, 0.25) is 0 Å². The molecule has 3 rings (SSSR count). The molecule has 0 bridgehead atoms. The van der Waals surface area contributed by atoms with E-state index in [4.69, 9.17) is 0 Å². The van der Waals surface area contributed by atoms with Gasteiger partial charge in [-0.3, -0.25) is 14.4 Å². The summed E-state index contributed by atoms with van der Waals surface area (Å²) >= 11 is 0. The number of aliphatic hydroxyl groups is 1. The second-order valence-electron chi connectivity index (χ2n) is 9.36. The summed E-state index contributed by atoms with van der Waals surface area (Å²) in [4.78, 5) is 41.7. The zero-order valence-electron chi connectivity index (χ0n) is 19.2. The molecule has 0 unspecified atom stereocenters. The number of allylic oxidation sites excluding steroid dienone is 1. The molecule has 31 heavy (non-hydrogen) atoms. The summed E-state index contributed by atoms with van der Waals surface area (Å²) in [7, 11) is 1.60. The smallest absolute Gasteiger partial charge is 0.243 e. The molecule has 1 saturated carbocycles. The third-order valence-electron chi connectivity index (χ3n) is 7.51. The second-order valence-corrected chi connectivity index (χ2v) is 9.36. The van der Waals surface area contributed by atoms with Crippen molar-refractivity contribution in [3.05, 3.63) is 12.2 Å². The summed E-state index contributed by atoms with van der Waals surface area (Å²) in [5.41, 5.74) is 0. The van der Waals surface area contributed by atoms with Gasteiger partial charge in [0.25, 0.3) is 0 Å². The van der Waals surface area contributed by atoms with Crippen LogP contribution in [0.1, 0.15) is 65.2 Å². The molecule has 1 heterocycles. The summed E-state index contributed by atoms with van der Waals surface area (Å²) in [5, 5.41) is 15.9. The standard InChI is InChI=1S/C24H39N3O4/c1-4-9-15-12-13-18-20(19(15)22(29)25-3)24(31)27(17(5-2)14-28)21(18)23(30)26-16-10-7-6-8-11-16/h12-13,15-21,28H,4-11,14H2,1-3H3,(H,25,29)(H,26,30)/t15-,17+,18+,19-,20+,21+/m1/s1. The molecular weight excluding hydrogens is 394 g/mol. The Balaban J connectivity index is 1.96. The number of rotatable bonds is 8. The van der Waals surface area contributed by atoms with E-state index in [-0.39, 0.29) is 42.2 Å². The van der Waals surface area contributed by atoms with E-state index >= 15 is 0 Å². The van der Waals surface area contributed by atoms with E-state index in [1.807, 2.05) is 19.1 Å². The molecule has 3 N–H and O–H groups in total. The minimum atomic E-state index is -0.678. The van der Waals surface area contributed by atoms with E-state index in [9.17, 15) is 19.5 Å². The minimum absolute atomic E-state index is 0.0219. The maximum Gasteiger partial charge on any atom is 0.243 e. The van der Waals surface area contributed by atoms with Crippen molar-refractivity contribution < 1.29 is 19.5 Å². The van der Waals surface area contributed by atoms with Crippen molar-refractivity contribution in [3.63, 3.8) is 0 Å². The number of aliphatic hydroxyl groups excluding tert-OH is 1. The number of carbonyl (C=O) groups excluding carboxylic acids is 3. The lowest BCUT2D eigenvalue weighted by molar-refractivity contribution is -0.143. The van der Waals surface area contributed by atoms with Crippen molar-refractivity contribution in [3.8, 4) is 0 Å². The minimum Gasteiger partial charge on any atom is -0.394 e. The topological polar surface area (TPSA) is 98.7 Å². The Hall–Kier alpha value is -1.89. The number of nitrogens with zero attached hydrogens (tertiary/aromatic N) is 1. The number of hydrogen-bond acceptors (Lipinski definition) is 4. The fourth-order valence-electron chi connectivity index (χ4n) is 5.92. The molecule has 1 aliphatic heterocycles. The van der Waals surface area contributed by atoms with E-state index in [2.05, 4.69) is 17.6 Å².